The highest BCUT2D eigenvalue weighted by Gasteiger charge is 2.38. The minimum atomic E-state index is -0.794. The molecular formula is C20H12N4O7. The van der Waals surface area contributed by atoms with Crippen molar-refractivity contribution in [2.24, 2.45) is 0 Å². The second-order valence-electron chi connectivity index (χ2n) is 6.70. The van der Waals surface area contributed by atoms with E-state index in [1.165, 1.54) is 43.3 Å². The molecule has 3 amide bonds. The van der Waals surface area contributed by atoms with Crippen LogP contribution in [0.3, 0.4) is 0 Å². The third kappa shape index (κ3) is 3.04. The summed E-state index contributed by atoms with van der Waals surface area (Å²) in [5, 5.41) is 25.0. The molecule has 0 spiro atoms. The van der Waals surface area contributed by atoms with Gasteiger partial charge in [0.2, 0.25) is 5.91 Å². The number of nitro groups is 2. The molecule has 3 aromatic rings. The lowest BCUT2D eigenvalue weighted by atomic mass is 9.91. The number of hydrogen-bond donors (Lipinski definition) is 1. The van der Waals surface area contributed by atoms with E-state index in [0.717, 1.165) is 17.0 Å². The molecule has 1 N–H and O–H groups in total. The number of anilines is 2. The Morgan fingerprint density at radius 3 is 1.71 bits per heavy atom. The van der Waals surface area contributed by atoms with Crippen LogP contribution >= 0.6 is 0 Å². The summed E-state index contributed by atoms with van der Waals surface area (Å²) in [5.41, 5.74) is -0.599. The number of benzene rings is 3. The maximum Gasteiger partial charge on any atom is 0.284 e. The molecule has 31 heavy (non-hydrogen) atoms. The lowest BCUT2D eigenvalue weighted by Gasteiger charge is -2.27. The molecular weight excluding hydrogens is 408 g/mol. The van der Waals surface area contributed by atoms with E-state index < -0.39 is 33.0 Å². The number of nitrogens with zero attached hydrogens (tertiary/aromatic N) is 3. The van der Waals surface area contributed by atoms with Crippen molar-refractivity contribution in [1.82, 2.24) is 0 Å². The van der Waals surface area contributed by atoms with Gasteiger partial charge in [-0.25, -0.2) is 4.90 Å². The first-order chi connectivity index (χ1) is 14.7. The summed E-state index contributed by atoms with van der Waals surface area (Å²) in [5.74, 6) is -1.84. The van der Waals surface area contributed by atoms with Crippen LogP contribution in [0.25, 0.3) is 10.8 Å². The summed E-state index contributed by atoms with van der Waals surface area (Å²) < 4.78 is 0. The highest BCUT2D eigenvalue weighted by molar-refractivity contribution is 6.37. The molecule has 0 aromatic heterocycles. The van der Waals surface area contributed by atoms with Crippen LogP contribution in [-0.2, 0) is 4.79 Å². The van der Waals surface area contributed by atoms with E-state index in [1.54, 1.807) is 0 Å². The molecule has 0 atom stereocenters. The monoisotopic (exact) mass is 420 g/mol. The molecule has 1 aliphatic heterocycles. The third-order valence-electron chi connectivity index (χ3n) is 4.82. The first-order valence-electron chi connectivity index (χ1n) is 8.85. The Morgan fingerprint density at radius 1 is 0.806 bits per heavy atom. The lowest BCUT2D eigenvalue weighted by Crippen LogP contribution is -2.40. The van der Waals surface area contributed by atoms with Crippen molar-refractivity contribution in [1.29, 1.82) is 0 Å². The number of carbonyl (C=O) groups is 3. The molecule has 0 saturated carbocycles. The Bertz CT molecular complexity index is 1260. The van der Waals surface area contributed by atoms with Crippen molar-refractivity contribution in [3.8, 4) is 0 Å². The molecule has 154 valence electrons. The van der Waals surface area contributed by atoms with Crippen molar-refractivity contribution < 1.29 is 24.2 Å². The first kappa shape index (κ1) is 19.6. The van der Waals surface area contributed by atoms with Crippen molar-refractivity contribution >= 4 is 51.2 Å². The zero-order valence-electron chi connectivity index (χ0n) is 15.8. The van der Waals surface area contributed by atoms with Gasteiger partial charge in [-0.3, -0.25) is 34.6 Å². The lowest BCUT2D eigenvalue weighted by molar-refractivity contribution is -0.390. The molecule has 1 aliphatic rings. The number of carbonyl (C=O) groups excluding carboxylic acids is 3. The maximum atomic E-state index is 13.1. The largest absolute Gasteiger partial charge is 0.326 e. The fourth-order valence-electron chi connectivity index (χ4n) is 3.59. The summed E-state index contributed by atoms with van der Waals surface area (Å²) in [4.78, 5) is 59.6. The van der Waals surface area contributed by atoms with Gasteiger partial charge >= 0.3 is 0 Å². The Kier molecular flexibility index (Phi) is 4.43. The van der Waals surface area contributed by atoms with Gasteiger partial charge < -0.3 is 5.32 Å². The quantitative estimate of drug-likeness (QED) is 0.385. The van der Waals surface area contributed by atoms with Crippen molar-refractivity contribution in [2.75, 3.05) is 10.2 Å². The van der Waals surface area contributed by atoms with Crippen molar-refractivity contribution in [3.63, 3.8) is 0 Å². The molecule has 4 rings (SSSR count). The molecule has 1 heterocycles. The topological polar surface area (TPSA) is 153 Å². The summed E-state index contributed by atoms with van der Waals surface area (Å²) in [6.07, 6.45) is 0. The van der Waals surface area contributed by atoms with Crippen LogP contribution in [0.4, 0.5) is 22.7 Å². The van der Waals surface area contributed by atoms with Gasteiger partial charge in [0.15, 0.2) is 0 Å². The summed E-state index contributed by atoms with van der Waals surface area (Å²) in [6, 6.07) is 10.3. The predicted octanol–water partition coefficient (Wildman–Crippen LogP) is 3.42. The van der Waals surface area contributed by atoms with Crippen LogP contribution in [0.15, 0.2) is 48.5 Å². The molecule has 11 heteroatoms. The summed E-state index contributed by atoms with van der Waals surface area (Å²) >= 11 is 0. The fourth-order valence-corrected chi connectivity index (χ4v) is 3.59. The number of amides is 3. The van der Waals surface area contributed by atoms with Gasteiger partial charge in [-0.15, -0.1) is 0 Å². The summed E-state index contributed by atoms with van der Waals surface area (Å²) in [7, 11) is 0. The molecule has 0 unspecified atom stereocenters. The van der Waals surface area contributed by atoms with Crippen molar-refractivity contribution in [3.05, 3.63) is 79.9 Å². The minimum Gasteiger partial charge on any atom is -0.326 e. The Hall–Kier alpha value is -4.67. The molecule has 0 bridgehead atoms. The first-order valence-corrected chi connectivity index (χ1v) is 8.85. The van der Waals surface area contributed by atoms with E-state index in [9.17, 15) is 34.6 Å². The fraction of sp³-hybridized carbons (Fsp3) is 0.0500. The van der Waals surface area contributed by atoms with Gasteiger partial charge in [-0.2, -0.15) is 0 Å². The minimum absolute atomic E-state index is 0.0650. The molecule has 0 aliphatic carbocycles. The van der Waals surface area contributed by atoms with Crippen LogP contribution in [0, 0.1) is 20.2 Å². The van der Waals surface area contributed by atoms with Gasteiger partial charge in [0.05, 0.1) is 15.5 Å². The predicted molar refractivity (Wildman–Crippen MR) is 109 cm³/mol. The van der Waals surface area contributed by atoms with Crippen LogP contribution in [0.5, 0.6) is 0 Å². The Labute approximate surface area is 173 Å². The molecule has 0 saturated heterocycles. The average Bonchev–Trinajstić information content (AvgIpc) is 2.71. The number of non-ortho nitro benzene ring substituents is 2. The normalized spacial score (nSPS) is 12.7. The van der Waals surface area contributed by atoms with Gasteiger partial charge in [-0.1, -0.05) is 0 Å². The SMILES string of the molecule is CC(=O)Nc1ccc(N2C(=O)c3ccc([N+](=O)[O-])c4c([N+](=O)[O-])ccc(c34)C2=O)cc1. The third-order valence-corrected chi connectivity index (χ3v) is 4.82. The Morgan fingerprint density at radius 2 is 1.29 bits per heavy atom. The van der Waals surface area contributed by atoms with Gasteiger partial charge in [0, 0.05) is 41.3 Å². The average molecular weight is 420 g/mol. The molecule has 3 aromatic carbocycles. The van der Waals surface area contributed by atoms with E-state index >= 15 is 0 Å². The number of nitro benzene ring substituents is 2. The second kappa shape index (κ2) is 6.99. The van der Waals surface area contributed by atoms with Gasteiger partial charge in [0.1, 0.15) is 5.39 Å². The standard InChI is InChI=1S/C20H12N4O7/c1-10(25)21-11-2-4-12(5-3-11)22-19(26)13-6-8-15(23(28)29)18-16(24(30)31)9-7-14(17(13)18)20(22)27/h2-9H,1H3,(H,21,25). The second-order valence-corrected chi connectivity index (χ2v) is 6.70. The Balaban J connectivity index is 1.92. The maximum absolute atomic E-state index is 13.1. The zero-order valence-corrected chi connectivity index (χ0v) is 15.8. The summed E-state index contributed by atoms with van der Waals surface area (Å²) in [6.45, 7) is 1.33. The smallest absolute Gasteiger partial charge is 0.284 e. The van der Waals surface area contributed by atoms with E-state index in [0.29, 0.717) is 5.69 Å². The number of nitrogens with one attached hydrogen (secondary N) is 1. The van der Waals surface area contributed by atoms with Gasteiger partial charge in [0.25, 0.3) is 23.2 Å². The van der Waals surface area contributed by atoms with Gasteiger partial charge in [-0.05, 0) is 36.4 Å². The molecule has 0 fully saturated rings. The molecule has 0 radical (unpaired) electrons. The van der Waals surface area contributed by atoms with Crippen LogP contribution in [0.2, 0.25) is 0 Å². The van der Waals surface area contributed by atoms with Crippen LogP contribution < -0.4 is 10.2 Å². The zero-order chi connectivity index (χ0) is 22.4. The van der Waals surface area contributed by atoms with E-state index in [2.05, 4.69) is 5.32 Å². The highest BCUT2D eigenvalue weighted by atomic mass is 16.6. The van der Waals surface area contributed by atoms with Crippen molar-refractivity contribution in [2.45, 2.75) is 6.92 Å². The molecule has 11 nitrogen and oxygen atoms in total. The highest BCUT2D eigenvalue weighted by Crippen LogP contribution is 2.41. The van der Waals surface area contributed by atoms with E-state index in [1.807, 2.05) is 0 Å². The van der Waals surface area contributed by atoms with Crippen LogP contribution in [-0.4, -0.2) is 27.6 Å². The van der Waals surface area contributed by atoms with E-state index in [-0.39, 0.29) is 33.5 Å². The number of rotatable bonds is 4. The number of hydrogen-bond acceptors (Lipinski definition) is 7. The van der Waals surface area contributed by atoms with E-state index in [4.69, 9.17) is 0 Å². The van der Waals surface area contributed by atoms with Crippen LogP contribution in [0.1, 0.15) is 27.6 Å². The number of imide groups is 1.